The number of unbranched alkanes of at least 4 members (excludes halogenated alkanes) is 8. The van der Waals surface area contributed by atoms with Crippen molar-refractivity contribution in [2.75, 3.05) is 6.54 Å². The Morgan fingerprint density at radius 2 is 1.38 bits per heavy atom. The van der Waals surface area contributed by atoms with Crippen molar-refractivity contribution in [1.82, 2.24) is 5.32 Å². The first-order chi connectivity index (χ1) is 9.66. The van der Waals surface area contributed by atoms with Gasteiger partial charge in [-0.05, 0) is 12.8 Å². The third kappa shape index (κ3) is 19.9. The van der Waals surface area contributed by atoms with E-state index in [-0.39, 0.29) is 43.3 Å². The van der Waals surface area contributed by atoms with Crippen LogP contribution in [0.15, 0.2) is 0 Å². The largest absolute Gasteiger partial charge is 1.00 e. The molecular weight excluding hydrogens is 277 g/mol. The molecule has 0 fully saturated rings. The van der Waals surface area contributed by atoms with Crippen molar-refractivity contribution in [3.63, 3.8) is 0 Å². The minimum Gasteiger partial charge on any atom is -1.00 e. The Balaban J connectivity index is -0.00000180. The van der Waals surface area contributed by atoms with E-state index in [1.807, 2.05) is 0 Å². The third-order valence-electron chi connectivity index (χ3n) is 3.40. The fourth-order valence-corrected chi connectivity index (χ4v) is 2.15. The van der Waals surface area contributed by atoms with Crippen LogP contribution in [0.2, 0.25) is 0 Å². The Kier molecular flexibility index (Phi) is 19.9. The molecule has 4 nitrogen and oxygen atoms in total. The monoisotopic (exact) mass is 309 g/mol. The van der Waals surface area contributed by atoms with Crippen LogP contribution in [-0.2, 0) is 9.59 Å². The van der Waals surface area contributed by atoms with Crippen molar-refractivity contribution >= 4 is 11.9 Å². The molecule has 1 amide bonds. The second-order valence-electron chi connectivity index (χ2n) is 5.43. The molecule has 0 aliphatic rings. The maximum absolute atomic E-state index is 11.4. The van der Waals surface area contributed by atoms with Gasteiger partial charge in [-0.2, -0.15) is 0 Å². The number of carbonyl (C=O) groups excluding carboxylic acids is 1. The first-order valence-corrected chi connectivity index (χ1v) is 8.15. The summed E-state index contributed by atoms with van der Waals surface area (Å²) in [6.07, 6.45) is 12.4. The Morgan fingerprint density at radius 3 is 1.90 bits per heavy atom. The second kappa shape index (κ2) is 18.0. The van der Waals surface area contributed by atoms with Crippen molar-refractivity contribution < 1.29 is 45.7 Å². The van der Waals surface area contributed by atoms with Crippen LogP contribution in [0.4, 0.5) is 0 Å². The van der Waals surface area contributed by atoms with E-state index in [0.717, 1.165) is 12.8 Å². The SMILES string of the molecule is CCCCCCCCCCCC(=O)NCCCC(=O)O.[H-].[Na+]. The second-order valence-corrected chi connectivity index (χ2v) is 5.43. The van der Waals surface area contributed by atoms with E-state index in [1.165, 1.54) is 44.9 Å². The first kappa shape index (κ1) is 23.2. The van der Waals surface area contributed by atoms with Gasteiger partial charge in [-0.15, -0.1) is 0 Å². The van der Waals surface area contributed by atoms with E-state index < -0.39 is 5.97 Å². The molecule has 0 unspecified atom stereocenters. The number of carbonyl (C=O) groups is 2. The number of carboxylic acids is 1. The number of hydrogen-bond acceptors (Lipinski definition) is 2. The van der Waals surface area contributed by atoms with Crippen molar-refractivity contribution in [3.8, 4) is 0 Å². The van der Waals surface area contributed by atoms with Crippen LogP contribution in [0.3, 0.4) is 0 Å². The molecule has 0 heterocycles. The van der Waals surface area contributed by atoms with Gasteiger partial charge in [0.1, 0.15) is 0 Å². The van der Waals surface area contributed by atoms with Gasteiger partial charge in [0, 0.05) is 19.4 Å². The van der Waals surface area contributed by atoms with Gasteiger partial charge < -0.3 is 11.8 Å². The molecule has 0 saturated heterocycles. The molecule has 0 atom stereocenters. The number of carboxylic acid groups (broad SMARTS) is 1. The van der Waals surface area contributed by atoms with Crippen molar-refractivity contribution in [2.24, 2.45) is 0 Å². The summed E-state index contributed by atoms with van der Waals surface area (Å²) in [7, 11) is 0. The first-order valence-electron chi connectivity index (χ1n) is 8.15. The standard InChI is InChI=1S/C16H31NO3.Na.H/c1-2-3-4-5-6-7-8-9-10-12-15(18)17-14-11-13-16(19)20;;/h2-14H2,1H3,(H,17,18)(H,19,20);;/q;+1;-1. The number of nitrogens with one attached hydrogen (secondary N) is 1. The number of amides is 1. The zero-order valence-electron chi connectivity index (χ0n) is 15.0. The summed E-state index contributed by atoms with van der Waals surface area (Å²) < 4.78 is 0. The van der Waals surface area contributed by atoms with Gasteiger partial charge in [0.25, 0.3) is 0 Å². The van der Waals surface area contributed by atoms with Crippen LogP contribution in [0, 0.1) is 0 Å². The van der Waals surface area contributed by atoms with Crippen LogP contribution in [0.5, 0.6) is 0 Å². The molecule has 2 N–H and O–H groups in total. The van der Waals surface area contributed by atoms with E-state index in [0.29, 0.717) is 19.4 Å². The minimum atomic E-state index is -0.807. The van der Waals surface area contributed by atoms with Gasteiger partial charge in [-0.25, -0.2) is 0 Å². The molecule has 21 heavy (non-hydrogen) atoms. The Labute approximate surface area is 153 Å². The number of hydrogen-bond donors (Lipinski definition) is 2. The summed E-state index contributed by atoms with van der Waals surface area (Å²) in [5.74, 6) is -0.753. The van der Waals surface area contributed by atoms with Crippen LogP contribution in [0.1, 0.15) is 85.4 Å². The quantitative estimate of drug-likeness (QED) is 0.372. The predicted molar refractivity (Wildman–Crippen MR) is 82.8 cm³/mol. The van der Waals surface area contributed by atoms with Gasteiger partial charge in [0.15, 0.2) is 0 Å². The van der Waals surface area contributed by atoms with Crippen molar-refractivity contribution in [1.29, 1.82) is 0 Å². The van der Waals surface area contributed by atoms with Crippen molar-refractivity contribution in [2.45, 2.75) is 84.0 Å². The summed E-state index contributed by atoms with van der Waals surface area (Å²) in [5.41, 5.74) is 0. The summed E-state index contributed by atoms with van der Waals surface area (Å²) >= 11 is 0. The Morgan fingerprint density at radius 1 is 0.857 bits per heavy atom. The van der Waals surface area contributed by atoms with Gasteiger partial charge in [0.2, 0.25) is 5.91 Å². The molecular formula is C16H32NNaO3. The van der Waals surface area contributed by atoms with E-state index in [1.54, 1.807) is 0 Å². The van der Waals surface area contributed by atoms with E-state index >= 15 is 0 Å². The van der Waals surface area contributed by atoms with Crippen LogP contribution >= 0.6 is 0 Å². The molecule has 0 bridgehead atoms. The fraction of sp³-hybridized carbons (Fsp3) is 0.875. The maximum Gasteiger partial charge on any atom is 1.00 e. The van der Waals surface area contributed by atoms with Gasteiger partial charge in [-0.1, -0.05) is 58.3 Å². The molecule has 0 radical (unpaired) electrons. The summed E-state index contributed by atoms with van der Waals surface area (Å²) in [5, 5.41) is 11.2. The van der Waals surface area contributed by atoms with E-state index in [9.17, 15) is 9.59 Å². The minimum absolute atomic E-state index is 0. The Bertz CT molecular complexity index is 266. The molecule has 0 saturated carbocycles. The molecule has 120 valence electrons. The molecule has 0 aromatic rings. The number of aliphatic carboxylic acids is 1. The average Bonchev–Trinajstić information content (AvgIpc) is 2.41. The molecule has 0 aromatic heterocycles. The predicted octanol–water partition coefficient (Wildman–Crippen LogP) is 1.00. The van der Waals surface area contributed by atoms with Crippen LogP contribution < -0.4 is 34.9 Å². The fourth-order valence-electron chi connectivity index (χ4n) is 2.15. The molecule has 0 aromatic carbocycles. The Hall–Kier alpha value is -0.0600. The van der Waals surface area contributed by atoms with Gasteiger partial charge in [0.05, 0.1) is 0 Å². The summed E-state index contributed by atoms with van der Waals surface area (Å²) in [4.78, 5) is 21.7. The smallest absolute Gasteiger partial charge is 1.00 e. The third-order valence-corrected chi connectivity index (χ3v) is 3.40. The zero-order valence-corrected chi connectivity index (χ0v) is 16.0. The molecule has 0 spiro atoms. The molecule has 0 aliphatic heterocycles. The normalized spacial score (nSPS) is 9.95. The zero-order chi connectivity index (χ0) is 15.1. The van der Waals surface area contributed by atoms with Gasteiger partial charge in [-0.3, -0.25) is 9.59 Å². The summed E-state index contributed by atoms with van der Waals surface area (Å²) in [6, 6.07) is 0. The molecule has 0 aliphatic carbocycles. The average molecular weight is 309 g/mol. The number of rotatable bonds is 14. The van der Waals surface area contributed by atoms with E-state index in [4.69, 9.17) is 5.11 Å². The van der Waals surface area contributed by atoms with Crippen LogP contribution in [-0.4, -0.2) is 23.5 Å². The van der Waals surface area contributed by atoms with Gasteiger partial charge >= 0.3 is 35.5 Å². The molecule has 0 rings (SSSR count). The van der Waals surface area contributed by atoms with Crippen molar-refractivity contribution in [3.05, 3.63) is 0 Å². The van der Waals surface area contributed by atoms with Crippen LogP contribution in [0.25, 0.3) is 0 Å². The molecule has 5 heteroatoms. The van der Waals surface area contributed by atoms with E-state index in [2.05, 4.69) is 12.2 Å². The maximum atomic E-state index is 11.4. The topological polar surface area (TPSA) is 66.4 Å². The summed E-state index contributed by atoms with van der Waals surface area (Å²) in [6.45, 7) is 2.70.